The topological polar surface area (TPSA) is 73.9 Å². The lowest BCUT2D eigenvalue weighted by Gasteiger charge is -2.46. The third kappa shape index (κ3) is 5.48. The molecule has 4 atom stereocenters. The van der Waals surface area contributed by atoms with Crippen molar-refractivity contribution < 1.29 is 23.8 Å². The van der Waals surface area contributed by atoms with Crippen molar-refractivity contribution in [3.05, 3.63) is 11.6 Å². The van der Waals surface area contributed by atoms with E-state index in [2.05, 4.69) is 5.32 Å². The van der Waals surface area contributed by atoms with Crippen LogP contribution in [-0.2, 0) is 19.0 Å². The van der Waals surface area contributed by atoms with Crippen molar-refractivity contribution in [3.63, 3.8) is 0 Å². The van der Waals surface area contributed by atoms with Gasteiger partial charge in [0, 0.05) is 31.8 Å². The maximum Gasteiger partial charge on any atom is 0.330 e. The first-order valence-electron chi connectivity index (χ1n) is 10.0. The molecule has 3 aliphatic rings. The number of carbonyl (C=O) groups is 2. The standard InChI is InChI=1S/C20H31NO5S/c1-14-8-6-4-3-5-7-9-15-11-16(25-18(22)10-14)12-20(24-2,26-15)17-13-27-19(23)21-17/h10,15-17H,3-9,11-13H2,1-2H3,(H,21,23)/b14-10-/t15-,16?,17?,20?/m1/s1. The summed E-state index contributed by atoms with van der Waals surface area (Å²) in [5.41, 5.74) is 1.07. The van der Waals surface area contributed by atoms with Crippen LogP contribution in [0.2, 0.25) is 0 Å². The molecule has 0 radical (unpaired) electrons. The van der Waals surface area contributed by atoms with Gasteiger partial charge < -0.3 is 19.5 Å². The Morgan fingerprint density at radius 3 is 2.70 bits per heavy atom. The van der Waals surface area contributed by atoms with E-state index in [4.69, 9.17) is 14.2 Å². The second-order valence-electron chi connectivity index (χ2n) is 7.85. The molecule has 27 heavy (non-hydrogen) atoms. The Kier molecular flexibility index (Phi) is 7.22. The highest BCUT2D eigenvalue weighted by molar-refractivity contribution is 8.14. The molecule has 0 aromatic carbocycles. The number of hydrogen-bond donors (Lipinski definition) is 1. The summed E-state index contributed by atoms with van der Waals surface area (Å²) < 4.78 is 18.0. The highest BCUT2D eigenvalue weighted by Crippen LogP contribution is 2.39. The van der Waals surface area contributed by atoms with Gasteiger partial charge in [-0.05, 0) is 26.2 Å². The number of thioether (sulfide) groups is 1. The molecule has 2 saturated heterocycles. The summed E-state index contributed by atoms with van der Waals surface area (Å²) in [5.74, 6) is -0.632. The van der Waals surface area contributed by atoms with Crippen LogP contribution in [0.4, 0.5) is 4.79 Å². The lowest BCUT2D eigenvalue weighted by molar-refractivity contribution is -0.296. The molecule has 1 N–H and O–H groups in total. The molecule has 6 nitrogen and oxygen atoms in total. The van der Waals surface area contributed by atoms with Crippen molar-refractivity contribution in [1.29, 1.82) is 0 Å². The fraction of sp³-hybridized carbons (Fsp3) is 0.800. The minimum Gasteiger partial charge on any atom is -0.459 e. The van der Waals surface area contributed by atoms with Gasteiger partial charge in [-0.3, -0.25) is 4.79 Å². The zero-order chi connectivity index (χ0) is 19.3. The minimum atomic E-state index is -0.942. The predicted molar refractivity (Wildman–Crippen MR) is 105 cm³/mol. The first kappa shape index (κ1) is 20.7. The fourth-order valence-corrected chi connectivity index (χ4v) is 5.12. The second-order valence-corrected chi connectivity index (χ2v) is 8.84. The number of rotatable bonds is 2. The van der Waals surface area contributed by atoms with Gasteiger partial charge >= 0.3 is 5.97 Å². The SMILES string of the molecule is COC1(C2CSC(=O)N2)CC2C[C@@H](CCCCCCC/C(C)=C\C(=O)O2)O1. The van der Waals surface area contributed by atoms with Gasteiger partial charge in [0.2, 0.25) is 0 Å². The molecular weight excluding hydrogens is 366 g/mol. The number of nitrogens with one attached hydrogen (secondary N) is 1. The third-order valence-corrected chi connectivity index (χ3v) is 6.58. The van der Waals surface area contributed by atoms with Gasteiger partial charge in [-0.1, -0.05) is 43.0 Å². The van der Waals surface area contributed by atoms with E-state index in [9.17, 15) is 9.59 Å². The van der Waals surface area contributed by atoms with Gasteiger partial charge in [0.25, 0.3) is 5.24 Å². The number of methoxy groups -OCH3 is 1. The van der Waals surface area contributed by atoms with Crippen LogP contribution in [-0.4, -0.2) is 48.1 Å². The summed E-state index contributed by atoms with van der Waals surface area (Å²) in [4.78, 5) is 24.1. The Labute approximate surface area is 165 Å². The van der Waals surface area contributed by atoms with E-state index in [1.165, 1.54) is 31.0 Å². The Balaban J connectivity index is 1.78. The van der Waals surface area contributed by atoms with Gasteiger partial charge in [0.05, 0.1) is 12.1 Å². The van der Waals surface area contributed by atoms with Crippen molar-refractivity contribution in [2.45, 2.75) is 88.7 Å². The van der Waals surface area contributed by atoms with E-state index in [1.54, 1.807) is 13.2 Å². The second kappa shape index (κ2) is 9.43. The first-order valence-corrected chi connectivity index (χ1v) is 11.0. The van der Waals surface area contributed by atoms with E-state index in [-0.39, 0.29) is 29.5 Å². The summed E-state index contributed by atoms with van der Waals surface area (Å²) in [7, 11) is 1.61. The smallest absolute Gasteiger partial charge is 0.330 e. The Hall–Kier alpha value is -1.05. The molecule has 2 fully saturated rings. The van der Waals surface area contributed by atoms with Crippen molar-refractivity contribution in [3.8, 4) is 0 Å². The molecular formula is C20H31NO5S. The molecule has 3 aliphatic heterocycles. The Bertz CT molecular complexity index is 581. The molecule has 0 spiro atoms. The van der Waals surface area contributed by atoms with E-state index < -0.39 is 5.79 Å². The van der Waals surface area contributed by atoms with Crippen LogP contribution >= 0.6 is 11.8 Å². The lowest BCUT2D eigenvalue weighted by atomic mass is 9.91. The van der Waals surface area contributed by atoms with Gasteiger partial charge in [-0.2, -0.15) is 0 Å². The number of esters is 1. The number of amides is 1. The highest BCUT2D eigenvalue weighted by Gasteiger charge is 2.51. The number of allylic oxidation sites excluding steroid dienone is 1. The summed E-state index contributed by atoms with van der Waals surface area (Å²) in [6.45, 7) is 1.99. The Morgan fingerprint density at radius 2 is 1.96 bits per heavy atom. The summed E-state index contributed by atoms with van der Waals surface area (Å²) >= 11 is 1.24. The van der Waals surface area contributed by atoms with Crippen LogP contribution in [0, 0.1) is 0 Å². The van der Waals surface area contributed by atoms with Crippen LogP contribution in [0.25, 0.3) is 0 Å². The number of hydrogen-bond acceptors (Lipinski definition) is 6. The van der Waals surface area contributed by atoms with E-state index in [0.717, 1.165) is 31.3 Å². The molecule has 0 aromatic heterocycles. The highest BCUT2D eigenvalue weighted by atomic mass is 32.2. The monoisotopic (exact) mass is 397 g/mol. The predicted octanol–water partition coefficient (Wildman–Crippen LogP) is 3.94. The van der Waals surface area contributed by atoms with Crippen molar-refractivity contribution in [2.75, 3.05) is 12.9 Å². The van der Waals surface area contributed by atoms with Gasteiger partial charge in [0.15, 0.2) is 5.79 Å². The zero-order valence-corrected chi connectivity index (χ0v) is 17.1. The van der Waals surface area contributed by atoms with Crippen LogP contribution in [0.1, 0.15) is 64.7 Å². The zero-order valence-electron chi connectivity index (χ0n) is 16.3. The van der Waals surface area contributed by atoms with Crippen molar-refractivity contribution in [2.24, 2.45) is 0 Å². The number of ether oxygens (including phenoxy) is 3. The minimum absolute atomic E-state index is 0.0352. The third-order valence-electron chi connectivity index (χ3n) is 5.70. The van der Waals surface area contributed by atoms with Crippen LogP contribution < -0.4 is 5.32 Å². The van der Waals surface area contributed by atoms with E-state index >= 15 is 0 Å². The normalized spacial score (nSPS) is 38.3. The number of fused-ring (bicyclic) bond motifs is 2. The van der Waals surface area contributed by atoms with Crippen molar-refractivity contribution in [1.82, 2.24) is 5.32 Å². The fourth-order valence-electron chi connectivity index (χ4n) is 4.24. The maximum absolute atomic E-state index is 12.4. The molecule has 3 unspecified atom stereocenters. The first-order chi connectivity index (χ1) is 13.0. The molecule has 0 saturated carbocycles. The van der Waals surface area contributed by atoms with Gasteiger partial charge in [-0.25, -0.2) is 4.79 Å². The molecule has 3 rings (SSSR count). The summed E-state index contributed by atoms with van der Waals surface area (Å²) in [5, 5.41) is 2.89. The van der Waals surface area contributed by atoms with Crippen LogP contribution in [0.15, 0.2) is 11.6 Å². The summed E-state index contributed by atoms with van der Waals surface area (Å²) in [6, 6.07) is -0.236. The molecule has 152 valence electrons. The average Bonchev–Trinajstić information content (AvgIpc) is 3.07. The lowest BCUT2D eigenvalue weighted by Crippen LogP contribution is -2.59. The Morgan fingerprint density at radius 1 is 1.19 bits per heavy atom. The molecule has 0 aromatic rings. The van der Waals surface area contributed by atoms with E-state index in [0.29, 0.717) is 18.6 Å². The largest absolute Gasteiger partial charge is 0.459 e. The molecule has 1 amide bonds. The number of carbonyl (C=O) groups excluding carboxylic acids is 2. The molecule has 0 aliphatic carbocycles. The van der Waals surface area contributed by atoms with Crippen LogP contribution in [0.5, 0.6) is 0 Å². The van der Waals surface area contributed by atoms with E-state index in [1.807, 2.05) is 6.92 Å². The summed E-state index contributed by atoms with van der Waals surface area (Å²) in [6.07, 6.45) is 10.1. The van der Waals surface area contributed by atoms with Crippen LogP contribution in [0.3, 0.4) is 0 Å². The molecule has 7 heteroatoms. The molecule has 3 heterocycles. The van der Waals surface area contributed by atoms with Gasteiger partial charge in [-0.15, -0.1) is 0 Å². The quantitative estimate of drug-likeness (QED) is 0.712. The van der Waals surface area contributed by atoms with Gasteiger partial charge in [0.1, 0.15) is 6.10 Å². The van der Waals surface area contributed by atoms with Crippen molar-refractivity contribution >= 4 is 23.0 Å². The average molecular weight is 398 g/mol. The molecule has 2 bridgehead atoms. The maximum atomic E-state index is 12.4.